The van der Waals surface area contributed by atoms with E-state index in [1.54, 1.807) is 0 Å². The van der Waals surface area contributed by atoms with Gasteiger partial charge in [0.25, 0.3) is 0 Å². The standard InChI is InChI=1S/C26H22ClF4N7O3/c1-37-7-5-16(13-37)41-23-17(24(39)40-2)9-14(11-32-23)18-12-33-25(34-15-3-4-20(28)19(27)10-15)35-22(18)38-8-6-21(36-38)26(29,30)31/h3-4,6,8-12,16H,5,7,13H2,1-2H3,(H,33,34,35). The number of likely N-dealkylation sites (N-methyl/N-ethyl adjacent to an activating group) is 1. The fourth-order valence-electron chi connectivity index (χ4n) is 4.21. The van der Waals surface area contributed by atoms with Crippen LogP contribution in [0.25, 0.3) is 16.9 Å². The van der Waals surface area contributed by atoms with E-state index in [9.17, 15) is 22.4 Å². The van der Waals surface area contributed by atoms with Gasteiger partial charge in [0, 0.05) is 48.5 Å². The molecule has 0 radical (unpaired) electrons. The molecule has 3 aromatic heterocycles. The summed E-state index contributed by atoms with van der Waals surface area (Å²) in [5, 5.41) is 6.33. The number of carbonyl (C=O) groups excluding carboxylic acids is 1. The molecular weight excluding hydrogens is 570 g/mol. The van der Waals surface area contributed by atoms with Crippen LogP contribution in [0.3, 0.4) is 0 Å². The number of benzene rings is 1. The summed E-state index contributed by atoms with van der Waals surface area (Å²) >= 11 is 5.85. The molecular formula is C26H22ClF4N7O3. The lowest BCUT2D eigenvalue weighted by molar-refractivity contribution is -0.141. The molecule has 5 rings (SSSR count). The number of halogens is 5. The van der Waals surface area contributed by atoms with E-state index in [0.29, 0.717) is 12.2 Å². The van der Waals surface area contributed by atoms with Crippen molar-refractivity contribution in [3.05, 3.63) is 71.0 Å². The van der Waals surface area contributed by atoms with Crippen LogP contribution in [0.1, 0.15) is 22.5 Å². The van der Waals surface area contributed by atoms with Crippen molar-refractivity contribution < 1.29 is 31.8 Å². The van der Waals surface area contributed by atoms with Crippen LogP contribution in [0.4, 0.5) is 29.2 Å². The Labute approximate surface area is 235 Å². The number of anilines is 2. The summed E-state index contributed by atoms with van der Waals surface area (Å²) in [5.41, 5.74) is -0.295. The lowest BCUT2D eigenvalue weighted by Crippen LogP contribution is -2.23. The van der Waals surface area contributed by atoms with Crippen molar-refractivity contribution in [2.45, 2.75) is 18.7 Å². The molecule has 214 valence electrons. The SMILES string of the molecule is COC(=O)c1cc(-c2cnc(Nc3ccc(F)c(Cl)c3)nc2-n2ccc(C(F)(F)F)n2)cnc1OC1CCN(C)C1. The molecule has 1 aliphatic heterocycles. The number of likely N-dealkylation sites (tertiary alicyclic amines) is 1. The molecule has 1 fully saturated rings. The second kappa shape index (κ2) is 11.3. The quantitative estimate of drug-likeness (QED) is 0.231. The number of pyridine rings is 1. The van der Waals surface area contributed by atoms with E-state index >= 15 is 0 Å². The lowest BCUT2D eigenvalue weighted by atomic mass is 10.1. The number of esters is 1. The second-order valence-electron chi connectivity index (χ2n) is 9.19. The van der Waals surface area contributed by atoms with E-state index in [2.05, 4.69) is 30.3 Å². The van der Waals surface area contributed by atoms with Crippen molar-refractivity contribution >= 4 is 29.2 Å². The molecule has 1 unspecified atom stereocenters. The maximum Gasteiger partial charge on any atom is 0.435 e. The molecule has 0 bridgehead atoms. The summed E-state index contributed by atoms with van der Waals surface area (Å²) in [6.45, 7) is 1.47. The number of hydrogen-bond donors (Lipinski definition) is 1. The fourth-order valence-corrected chi connectivity index (χ4v) is 4.39. The fraction of sp³-hybridized carbons (Fsp3) is 0.269. The molecule has 0 aliphatic carbocycles. The number of methoxy groups -OCH3 is 1. The lowest BCUT2D eigenvalue weighted by Gasteiger charge is -2.17. The first-order chi connectivity index (χ1) is 19.5. The van der Waals surface area contributed by atoms with Crippen LogP contribution in [0.2, 0.25) is 5.02 Å². The third kappa shape index (κ3) is 6.23. The Balaban J connectivity index is 1.57. The van der Waals surface area contributed by atoms with E-state index in [1.807, 2.05) is 7.05 Å². The minimum absolute atomic E-state index is 0.0186. The molecule has 0 amide bonds. The Morgan fingerprint density at radius 3 is 2.63 bits per heavy atom. The van der Waals surface area contributed by atoms with Gasteiger partial charge >= 0.3 is 12.1 Å². The summed E-state index contributed by atoms with van der Waals surface area (Å²) in [5.74, 6) is -1.38. The number of alkyl halides is 3. The number of hydrogen-bond acceptors (Lipinski definition) is 9. The van der Waals surface area contributed by atoms with Crippen LogP contribution in [-0.2, 0) is 10.9 Å². The van der Waals surface area contributed by atoms with Gasteiger partial charge in [-0.1, -0.05) is 11.6 Å². The number of nitrogens with one attached hydrogen (secondary N) is 1. The Morgan fingerprint density at radius 2 is 1.98 bits per heavy atom. The predicted octanol–water partition coefficient (Wildman–Crippen LogP) is 5.15. The average molecular weight is 592 g/mol. The Hall–Kier alpha value is -4.30. The number of aromatic nitrogens is 5. The number of rotatable bonds is 7. The van der Waals surface area contributed by atoms with Crippen LogP contribution in [0.15, 0.2) is 48.9 Å². The molecule has 4 heterocycles. The van der Waals surface area contributed by atoms with Crippen molar-refractivity contribution in [3.8, 4) is 22.8 Å². The first-order valence-electron chi connectivity index (χ1n) is 12.2. The number of nitrogens with zero attached hydrogens (tertiary/aromatic N) is 6. The molecule has 4 aromatic rings. The highest BCUT2D eigenvalue weighted by molar-refractivity contribution is 6.31. The van der Waals surface area contributed by atoms with Gasteiger partial charge in [0.15, 0.2) is 11.5 Å². The van der Waals surface area contributed by atoms with Crippen LogP contribution >= 0.6 is 11.6 Å². The largest absolute Gasteiger partial charge is 0.472 e. The van der Waals surface area contributed by atoms with Gasteiger partial charge in [-0.3, -0.25) is 0 Å². The van der Waals surface area contributed by atoms with Gasteiger partial charge in [-0.2, -0.15) is 23.3 Å². The smallest absolute Gasteiger partial charge is 0.435 e. The minimum Gasteiger partial charge on any atom is -0.472 e. The first kappa shape index (κ1) is 28.2. The van der Waals surface area contributed by atoms with Gasteiger partial charge in [0.2, 0.25) is 11.8 Å². The number of carbonyl (C=O) groups is 1. The zero-order chi connectivity index (χ0) is 29.3. The first-order valence-corrected chi connectivity index (χ1v) is 12.6. The van der Waals surface area contributed by atoms with Gasteiger partial charge in [-0.25, -0.2) is 23.8 Å². The van der Waals surface area contributed by atoms with Crippen molar-refractivity contribution in [1.82, 2.24) is 29.6 Å². The molecule has 10 nitrogen and oxygen atoms in total. The molecule has 1 aliphatic rings. The Kier molecular flexibility index (Phi) is 7.78. The highest BCUT2D eigenvalue weighted by atomic mass is 35.5. The van der Waals surface area contributed by atoms with E-state index < -0.39 is 23.7 Å². The highest BCUT2D eigenvalue weighted by Gasteiger charge is 2.34. The third-order valence-corrected chi connectivity index (χ3v) is 6.52. The molecule has 1 atom stereocenters. The summed E-state index contributed by atoms with van der Waals surface area (Å²) in [4.78, 5) is 27.7. The van der Waals surface area contributed by atoms with Crippen LogP contribution < -0.4 is 10.1 Å². The maximum atomic E-state index is 13.6. The second-order valence-corrected chi connectivity index (χ2v) is 9.59. The number of ether oxygens (including phenoxy) is 2. The summed E-state index contributed by atoms with van der Waals surface area (Å²) < 4.78 is 65.5. The maximum absolute atomic E-state index is 13.6. The Bertz CT molecular complexity index is 1600. The van der Waals surface area contributed by atoms with E-state index in [-0.39, 0.29) is 45.5 Å². The van der Waals surface area contributed by atoms with E-state index in [1.165, 1.54) is 37.7 Å². The third-order valence-electron chi connectivity index (χ3n) is 6.23. The monoisotopic (exact) mass is 591 g/mol. The Morgan fingerprint density at radius 1 is 1.17 bits per heavy atom. The van der Waals surface area contributed by atoms with E-state index in [4.69, 9.17) is 21.1 Å². The van der Waals surface area contributed by atoms with Crippen LogP contribution in [0.5, 0.6) is 5.88 Å². The minimum atomic E-state index is -4.70. The van der Waals surface area contributed by atoms with Gasteiger partial charge in [-0.15, -0.1) is 0 Å². The molecule has 0 spiro atoms. The normalized spacial score (nSPS) is 15.6. The summed E-state index contributed by atoms with van der Waals surface area (Å²) in [6, 6.07) is 6.07. The summed E-state index contributed by atoms with van der Waals surface area (Å²) in [6.07, 6.45) is -0.324. The van der Waals surface area contributed by atoms with Crippen molar-refractivity contribution in [1.29, 1.82) is 0 Å². The predicted molar refractivity (Wildman–Crippen MR) is 140 cm³/mol. The van der Waals surface area contributed by atoms with Gasteiger partial charge in [0.05, 0.1) is 12.1 Å². The molecule has 1 N–H and O–H groups in total. The zero-order valence-electron chi connectivity index (χ0n) is 21.6. The van der Waals surface area contributed by atoms with Gasteiger partial charge < -0.3 is 19.7 Å². The molecule has 0 saturated carbocycles. The summed E-state index contributed by atoms with van der Waals surface area (Å²) in [7, 11) is 3.16. The molecule has 1 saturated heterocycles. The van der Waals surface area contributed by atoms with Crippen molar-refractivity contribution in [2.24, 2.45) is 0 Å². The molecule has 41 heavy (non-hydrogen) atoms. The van der Waals surface area contributed by atoms with Gasteiger partial charge in [0.1, 0.15) is 17.5 Å². The molecule has 15 heteroatoms. The topological polar surface area (TPSA) is 107 Å². The zero-order valence-corrected chi connectivity index (χ0v) is 22.4. The van der Waals surface area contributed by atoms with Gasteiger partial charge in [-0.05, 0) is 43.8 Å². The highest BCUT2D eigenvalue weighted by Crippen LogP contribution is 2.33. The van der Waals surface area contributed by atoms with Crippen molar-refractivity contribution in [3.63, 3.8) is 0 Å². The molecule has 1 aromatic carbocycles. The van der Waals surface area contributed by atoms with Crippen molar-refractivity contribution in [2.75, 3.05) is 32.6 Å². The van der Waals surface area contributed by atoms with Crippen LogP contribution in [-0.4, -0.2) is 69.0 Å². The average Bonchev–Trinajstić information content (AvgIpc) is 3.60. The van der Waals surface area contributed by atoms with E-state index in [0.717, 1.165) is 36.0 Å². The van der Waals surface area contributed by atoms with Crippen LogP contribution in [0, 0.1) is 5.82 Å².